The first-order chi connectivity index (χ1) is 7.77. The molecule has 0 radical (unpaired) electrons. The molecule has 1 unspecified atom stereocenters. The number of H-pyrrole nitrogens is 1. The minimum atomic E-state index is 0.312. The maximum Gasteiger partial charge on any atom is 0.0772 e. The first-order valence-corrected chi connectivity index (χ1v) is 6.04. The van der Waals surface area contributed by atoms with Gasteiger partial charge in [-0.25, -0.2) is 0 Å². The fourth-order valence-electron chi connectivity index (χ4n) is 1.57. The highest BCUT2D eigenvalue weighted by Crippen LogP contribution is 2.18. The molecule has 2 N–H and O–H groups in total. The van der Waals surface area contributed by atoms with E-state index < -0.39 is 0 Å². The Morgan fingerprint density at radius 2 is 2.44 bits per heavy atom. The van der Waals surface area contributed by atoms with Gasteiger partial charge in [-0.1, -0.05) is 4.49 Å². The van der Waals surface area contributed by atoms with Gasteiger partial charge in [0, 0.05) is 12.2 Å². The topological polar surface area (TPSA) is 66.5 Å². The first kappa shape index (κ1) is 11.2. The fraction of sp³-hybridized carbons (Fsp3) is 0.500. The van der Waals surface area contributed by atoms with Gasteiger partial charge in [0.2, 0.25) is 0 Å². The molecule has 1 atom stereocenters. The molecule has 0 fully saturated rings. The summed E-state index contributed by atoms with van der Waals surface area (Å²) in [7, 11) is 0. The molecule has 2 aromatic heterocycles. The molecule has 0 aromatic carbocycles. The van der Waals surface area contributed by atoms with E-state index in [1.54, 1.807) is 0 Å². The Morgan fingerprint density at radius 1 is 1.56 bits per heavy atom. The van der Waals surface area contributed by atoms with Crippen molar-refractivity contribution in [2.24, 2.45) is 0 Å². The maximum absolute atomic E-state index is 4.01. The lowest BCUT2D eigenvalue weighted by molar-refractivity contribution is 0.581. The van der Waals surface area contributed by atoms with Crippen LogP contribution in [-0.4, -0.2) is 26.3 Å². The van der Waals surface area contributed by atoms with Crippen molar-refractivity contribution < 1.29 is 0 Å². The van der Waals surface area contributed by atoms with Gasteiger partial charge in [-0.15, -0.1) is 5.10 Å². The number of nitrogens with one attached hydrogen (secondary N) is 2. The predicted molar refractivity (Wildman–Crippen MR) is 63.4 cm³/mol. The van der Waals surface area contributed by atoms with Gasteiger partial charge < -0.3 is 5.32 Å². The number of rotatable bonds is 5. The Labute approximate surface area is 98.4 Å². The van der Waals surface area contributed by atoms with Crippen LogP contribution >= 0.6 is 11.5 Å². The third-order valence-corrected chi connectivity index (χ3v) is 3.51. The molecule has 16 heavy (non-hydrogen) atoms. The highest BCUT2D eigenvalue weighted by Gasteiger charge is 2.11. The van der Waals surface area contributed by atoms with Crippen LogP contribution in [0.1, 0.15) is 29.1 Å². The number of hydrogen-bond acceptors (Lipinski definition) is 5. The van der Waals surface area contributed by atoms with Crippen LogP contribution < -0.4 is 5.32 Å². The van der Waals surface area contributed by atoms with E-state index in [1.165, 1.54) is 22.0 Å². The third-order valence-electron chi connectivity index (χ3n) is 2.50. The molecule has 2 heterocycles. The molecule has 5 nitrogen and oxygen atoms in total. The van der Waals surface area contributed by atoms with Crippen LogP contribution in [0.3, 0.4) is 0 Å². The van der Waals surface area contributed by atoms with Gasteiger partial charge in [0.1, 0.15) is 0 Å². The normalized spacial score (nSPS) is 12.9. The van der Waals surface area contributed by atoms with Crippen LogP contribution in [0.15, 0.2) is 12.4 Å². The fourth-order valence-corrected chi connectivity index (χ4v) is 2.24. The quantitative estimate of drug-likeness (QED) is 0.826. The van der Waals surface area contributed by atoms with Crippen molar-refractivity contribution in [1.29, 1.82) is 0 Å². The van der Waals surface area contributed by atoms with Gasteiger partial charge >= 0.3 is 0 Å². The molecule has 0 saturated carbocycles. The lowest BCUT2D eigenvalue weighted by Crippen LogP contribution is -2.21. The molecule has 0 saturated heterocycles. The predicted octanol–water partition coefficient (Wildman–Crippen LogP) is 1.46. The summed E-state index contributed by atoms with van der Waals surface area (Å²) in [5.41, 5.74) is 2.24. The van der Waals surface area contributed by atoms with Crippen molar-refractivity contribution in [2.45, 2.75) is 26.3 Å². The molecule has 0 aliphatic carbocycles. The Bertz CT molecular complexity index is 422. The molecular formula is C10H15N5S. The number of aryl methyl sites for hydroxylation is 1. The van der Waals surface area contributed by atoms with Crippen molar-refractivity contribution >= 4 is 11.5 Å². The summed E-state index contributed by atoms with van der Waals surface area (Å²) in [5, 5.41) is 14.2. The Kier molecular flexibility index (Phi) is 3.63. The van der Waals surface area contributed by atoms with Gasteiger partial charge in [-0.3, -0.25) is 5.10 Å². The molecular weight excluding hydrogens is 222 g/mol. The Morgan fingerprint density at radius 3 is 3.06 bits per heavy atom. The van der Waals surface area contributed by atoms with Crippen LogP contribution in [0.5, 0.6) is 0 Å². The highest BCUT2D eigenvalue weighted by atomic mass is 32.1. The summed E-state index contributed by atoms with van der Waals surface area (Å²) in [6.07, 6.45) is 4.75. The second-order valence-electron chi connectivity index (χ2n) is 3.75. The van der Waals surface area contributed by atoms with Crippen molar-refractivity contribution in [3.63, 3.8) is 0 Å². The van der Waals surface area contributed by atoms with Gasteiger partial charge in [0.15, 0.2) is 0 Å². The second kappa shape index (κ2) is 5.18. The molecule has 0 aliphatic rings. The summed E-state index contributed by atoms with van der Waals surface area (Å²) in [6, 6.07) is 0.312. The van der Waals surface area contributed by atoms with Crippen LogP contribution in [0.25, 0.3) is 0 Å². The van der Waals surface area contributed by atoms with Gasteiger partial charge in [0.25, 0.3) is 0 Å². The molecule has 0 aliphatic heterocycles. The zero-order valence-electron chi connectivity index (χ0n) is 9.40. The summed E-state index contributed by atoms with van der Waals surface area (Å²) in [4.78, 5) is 1.21. The molecule has 2 aromatic rings. The minimum absolute atomic E-state index is 0.312. The Balaban J connectivity index is 1.80. The van der Waals surface area contributed by atoms with E-state index in [4.69, 9.17) is 0 Å². The minimum Gasteiger partial charge on any atom is -0.309 e. The lowest BCUT2D eigenvalue weighted by Gasteiger charge is -2.11. The monoisotopic (exact) mass is 237 g/mol. The first-order valence-electron chi connectivity index (χ1n) is 5.27. The highest BCUT2D eigenvalue weighted by molar-refractivity contribution is 7.05. The number of aromatic nitrogens is 4. The summed E-state index contributed by atoms with van der Waals surface area (Å²) in [5.74, 6) is 0. The smallest absolute Gasteiger partial charge is 0.0772 e. The van der Waals surface area contributed by atoms with Crippen molar-refractivity contribution in [3.05, 3.63) is 28.5 Å². The maximum atomic E-state index is 4.01. The van der Waals surface area contributed by atoms with Gasteiger partial charge in [-0.2, -0.15) is 5.10 Å². The van der Waals surface area contributed by atoms with Gasteiger partial charge in [0.05, 0.1) is 16.8 Å². The number of hydrogen-bond donors (Lipinski definition) is 2. The van der Waals surface area contributed by atoms with Crippen LogP contribution in [0.2, 0.25) is 0 Å². The third kappa shape index (κ3) is 2.65. The zero-order chi connectivity index (χ0) is 11.4. The van der Waals surface area contributed by atoms with Crippen molar-refractivity contribution in [2.75, 3.05) is 6.54 Å². The summed E-state index contributed by atoms with van der Waals surface area (Å²) >= 11 is 1.46. The van der Waals surface area contributed by atoms with Crippen molar-refractivity contribution in [3.8, 4) is 0 Å². The summed E-state index contributed by atoms with van der Waals surface area (Å²) in [6.45, 7) is 5.06. The van der Waals surface area contributed by atoms with Crippen LogP contribution in [-0.2, 0) is 6.42 Å². The van der Waals surface area contributed by atoms with E-state index in [-0.39, 0.29) is 0 Å². The SMILES string of the molecule is Cc1nnsc1C(C)NCCc1cn[nH]c1. The molecule has 86 valence electrons. The zero-order valence-corrected chi connectivity index (χ0v) is 10.2. The number of nitrogens with zero attached hydrogens (tertiary/aromatic N) is 3. The molecule has 2 rings (SSSR count). The molecule has 0 bridgehead atoms. The standard InChI is InChI=1S/C10H15N5S/c1-7(10-8(2)14-15-16-10)11-4-3-9-5-12-13-6-9/h5-7,11H,3-4H2,1-2H3,(H,12,13). The lowest BCUT2D eigenvalue weighted by atomic mass is 10.2. The average molecular weight is 237 g/mol. The van der Waals surface area contributed by atoms with Gasteiger partial charge in [-0.05, 0) is 43.9 Å². The molecule has 0 spiro atoms. The summed E-state index contributed by atoms with van der Waals surface area (Å²) < 4.78 is 3.94. The van der Waals surface area contributed by atoms with E-state index in [0.717, 1.165) is 18.7 Å². The molecule has 6 heteroatoms. The van der Waals surface area contributed by atoms with Crippen LogP contribution in [0.4, 0.5) is 0 Å². The second-order valence-corrected chi connectivity index (χ2v) is 4.54. The average Bonchev–Trinajstić information content (AvgIpc) is 2.88. The Hall–Kier alpha value is -1.27. The largest absolute Gasteiger partial charge is 0.309 e. The van der Waals surface area contributed by atoms with E-state index in [0.29, 0.717) is 6.04 Å². The van der Waals surface area contributed by atoms with Crippen molar-refractivity contribution in [1.82, 2.24) is 25.1 Å². The molecule has 0 amide bonds. The van der Waals surface area contributed by atoms with Crippen LogP contribution in [0, 0.1) is 6.92 Å². The van der Waals surface area contributed by atoms with E-state index >= 15 is 0 Å². The van der Waals surface area contributed by atoms with E-state index in [2.05, 4.69) is 32.0 Å². The van der Waals surface area contributed by atoms with E-state index in [9.17, 15) is 0 Å². The number of aromatic amines is 1. The van der Waals surface area contributed by atoms with E-state index in [1.807, 2.05) is 19.3 Å².